The van der Waals surface area contributed by atoms with Crippen molar-refractivity contribution in [3.8, 4) is 0 Å². The highest BCUT2D eigenvalue weighted by Crippen LogP contribution is 2.15. The number of benzene rings is 1. The summed E-state index contributed by atoms with van der Waals surface area (Å²) in [6, 6.07) is 4.73. The molecule has 0 radical (unpaired) electrons. The van der Waals surface area contributed by atoms with Crippen LogP contribution in [0.5, 0.6) is 0 Å². The molecule has 5 nitrogen and oxygen atoms in total. The van der Waals surface area contributed by atoms with E-state index in [4.69, 9.17) is 0 Å². The number of imidazole rings is 1. The summed E-state index contributed by atoms with van der Waals surface area (Å²) in [5.41, 5.74) is 1.84. The van der Waals surface area contributed by atoms with Gasteiger partial charge >= 0.3 is 0 Å². The molecule has 2 rings (SSSR count). The standard InChI is InChI=1S/C8H7N3O2/c1-10-5-9-7-3-2-6(11(12)13)4-8(7)10/h2-5H,1H3/p+1. The SMILES string of the molecule is C[n+]1c[nH]c2ccc([N+](=O)[O-])cc21. The van der Waals surface area contributed by atoms with Gasteiger partial charge in [0.25, 0.3) is 5.69 Å². The molecule has 5 heteroatoms. The van der Waals surface area contributed by atoms with Gasteiger partial charge in [-0.2, -0.15) is 0 Å². The van der Waals surface area contributed by atoms with Gasteiger partial charge in [-0.3, -0.25) is 10.1 Å². The Morgan fingerprint density at radius 3 is 3.00 bits per heavy atom. The van der Waals surface area contributed by atoms with Crippen molar-refractivity contribution in [3.05, 3.63) is 34.6 Å². The first-order valence-corrected chi connectivity index (χ1v) is 3.79. The summed E-state index contributed by atoms with van der Waals surface area (Å²) in [5.74, 6) is 0. The number of aryl methyl sites for hydroxylation is 1. The van der Waals surface area contributed by atoms with E-state index >= 15 is 0 Å². The number of hydrogen-bond donors (Lipinski definition) is 1. The van der Waals surface area contributed by atoms with Crippen LogP contribution >= 0.6 is 0 Å². The van der Waals surface area contributed by atoms with E-state index in [1.54, 1.807) is 18.5 Å². The molecule has 66 valence electrons. The first-order valence-electron chi connectivity index (χ1n) is 3.79. The molecule has 1 heterocycles. The molecule has 1 N–H and O–H groups in total. The van der Waals surface area contributed by atoms with Gasteiger partial charge in [0.1, 0.15) is 0 Å². The summed E-state index contributed by atoms with van der Waals surface area (Å²) in [4.78, 5) is 13.1. The summed E-state index contributed by atoms with van der Waals surface area (Å²) in [7, 11) is 1.84. The number of nitro benzene ring substituents is 1. The van der Waals surface area contributed by atoms with Gasteiger partial charge in [-0.1, -0.05) is 0 Å². The van der Waals surface area contributed by atoms with Gasteiger partial charge in [0.05, 0.1) is 18.0 Å². The van der Waals surface area contributed by atoms with Crippen LogP contribution in [0.2, 0.25) is 0 Å². The number of nitro groups is 1. The lowest BCUT2D eigenvalue weighted by Gasteiger charge is -1.89. The quantitative estimate of drug-likeness (QED) is 0.400. The molecule has 0 aliphatic rings. The van der Waals surface area contributed by atoms with E-state index in [9.17, 15) is 10.1 Å². The van der Waals surface area contributed by atoms with Gasteiger partial charge in [0.15, 0.2) is 11.0 Å². The fourth-order valence-electron chi connectivity index (χ4n) is 1.28. The molecular weight excluding hydrogens is 170 g/mol. The molecule has 13 heavy (non-hydrogen) atoms. The van der Waals surface area contributed by atoms with Crippen LogP contribution in [-0.2, 0) is 7.05 Å². The maximum Gasteiger partial charge on any atom is 0.273 e. The van der Waals surface area contributed by atoms with Crippen molar-refractivity contribution in [2.75, 3.05) is 0 Å². The summed E-state index contributed by atoms with van der Waals surface area (Å²) in [5, 5.41) is 10.5. The number of aromatic nitrogens is 2. The number of nitrogens with one attached hydrogen (secondary N) is 1. The highest BCUT2D eigenvalue weighted by Gasteiger charge is 2.12. The Balaban J connectivity index is 2.72. The van der Waals surface area contributed by atoms with Gasteiger partial charge in [-0.25, -0.2) is 9.55 Å². The number of fused-ring (bicyclic) bond motifs is 1. The minimum absolute atomic E-state index is 0.114. The molecule has 0 bridgehead atoms. The molecule has 0 saturated carbocycles. The lowest BCUT2D eigenvalue weighted by Crippen LogP contribution is -2.24. The van der Waals surface area contributed by atoms with E-state index < -0.39 is 4.92 Å². The minimum Gasteiger partial charge on any atom is -0.258 e. The van der Waals surface area contributed by atoms with E-state index in [0.717, 1.165) is 11.0 Å². The molecule has 1 aromatic heterocycles. The fourth-order valence-corrected chi connectivity index (χ4v) is 1.28. The maximum absolute atomic E-state index is 10.5. The second-order valence-corrected chi connectivity index (χ2v) is 2.84. The van der Waals surface area contributed by atoms with E-state index in [-0.39, 0.29) is 5.69 Å². The number of nitrogens with zero attached hydrogens (tertiary/aromatic N) is 2. The van der Waals surface area contributed by atoms with Crippen molar-refractivity contribution in [1.82, 2.24) is 4.98 Å². The van der Waals surface area contributed by atoms with Gasteiger partial charge in [0.2, 0.25) is 6.33 Å². The molecule has 0 saturated heterocycles. The third-order valence-corrected chi connectivity index (χ3v) is 1.99. The molecule has 0 unspecified atom stereocenters. The normalized spacial score (nSPS) is 10.5. The summed E-state index contributed by atoms with van der Waals surface area (Å²) in [6.07, 6.45) is 1.76. The van der Waals surface area contributed by atoms with Crippen molar-refractivity contribution >= 4 is 16.7 Å². The molecule has 0 amide bonds. The van der Waals surface area contributed by atoms with Crippen LogP contribution in [-0.4, -0.2) is 9.91 Å². The Morgan fingerprint density at radius 1 is 1.54 bits per heavy atom. The molecule has 2 aromatic rings. The van der Waals surface area contributed by atoms with Crippen molar-refractivity contribution in [1.29, 1.82) is 0 Å². The van der Waals surface area contributed by atoms with E-state index in [0.29, 0.717) is 0 Å². The smallest absolute Gasteiger partial charge is 0.258 e. The van der Waals surface area contributed by atoms with Gasteiger partial charge < -0.3 is 0 Å². The maximum atomic E-state index is 10.5. The average Bonchev–Trinajstić information content (AvgIpc) is 2.47. The topological polar surface area (TPSA) is 62.8 Å². The number of H-pyrrole nitrogens is 1. The molecular formula is C8H8N3O2+. The summed E-state index contributed by atoms with van der Waals surface area (Å²) < 4.78 is 1.81. The van der Waals surface area contributed by atoms with Crippen LogP contribution < -0.4 is 4.57 Å². The van der Waals surface area contributed by atoms with Crippen LogP contribution in [0.25, 0.3) is 11.0 Å². The first kappa shape index (κ1) is 7.72. The van der Waals surface area contributed by atoms with Crippen molar-refractivity contribution in [2.45, 2.75) is 0 Å². The number of rotatable bonds is 1. The Bertz CT molecular complexity index is 475. The van der Waals surface area contributed by atoms with Crippen LogP contribution in [0.1, 0.15) is 0 Å². The molecule has 0 aliphatic carbocycles. The third-order valence-electron chi connectivity index (χ3n) is 1.99. The monoisotopic (exact) mass is 178 g/mol. The molecule has 0 fully saturated rings. The molecule has 0 spiro atoms. The highest BCUT2D eigenvalue weighted by molar-refractivity contribution is 5.73. The van der Waals surface area contributed by atoms with Crippen molar-refractivity contribution < 1.29 is 9.49 Å². The third kappa shape index (κ3) is 1.14. The van der Waals surface area contributed by atoms with Crippen LogP contribution in [0.15, 0.2) is 24.5 Å². The van der Waals surface area contributed by atoms with E-state index in [1.807, 2.05) is 11.6 Å². The fraction of sp³-hybridized carbons (Fsp3) is 0.125. The minimum atomic E-state index is -0.396. The first-order chi connectivity index (χ1) is 6.18. The largest absolute Gasteiger partial charge is 0.273 e. The van der Waals surface area contributed by atoms with Crippen LogP contribution in [0.3, 0.4) is 0 Å². The van der Waals surface area contributed by atoms with E-state index in [2.05, 4.69) is 4.98 Å². The average molecular weight is 178 g/mol. The highest BCUT2D eigenvalue weighted by atomic mass is 16.6. The van der Waals surface area contributed by atoms with Crippen molar-refractivity contribution in [2.24, 2.45) is 7.05 Å². The predicted octanol–water partition coefficient (Wildman–Crippen LogP) is 0.901. The zero-order chi connectivity index (χ0) is 9.42. The second-order valence-electron chi connectivity index (χ2n) is 2.84. The van der Waals surface area contributed by atoms with Gasteiger partial charge in [0, 0.05) is 6.07 Å². The number of non-ortho nitro benzene ring substituents is 1. The van der Waals surface area contributed by atoms with Crippen LogP contribution in [0, 0.1) is 10.1 Å². The summed E-state index contributed by atoms with van der Waals surface area (Å²) >= 11 is 0. The van der Waals surface area contributed by atoms with Gasteiger partial charge in [-0.05, 0) is 6.07 Å². The molecule has 0 atom stereocenters. The molecule has 0 aliphatic heterocycles. The summed E-state index contributed by atoms with van der Waals surface area (Å²) in [6.45, 7) is 0. The Morgan fingerprint density at radius 2 is 2.31 bits per heavy atom. The number of hydrogen-bond acceptors (Lipinski definition) is 2. The van der Waals surface area contributed by atoms with Crippen molar-refractivity contribution in [3.63, 3.8) is 0 Å². The second kappa shape index (κ2) is 2.55. The lowest BCUT2D eigenvalue weighted by molar-refractivity contribution is -0.644. The Labute approximate surface area is 73.8 Å². The molecule has 1 aromatic carbocycles. The zero-order valence-corrected chi connectivity index (χ0v) is 7.02. The van der Waals surface area contributed by atoms with E-state index in [1.165, 1.54) is 6.07 Å². The lowest BCUT2D eigenvalue weighted by atomic mass is 10.3. The predicted molar refractivity (Wildman–Crippen MR) is 46.1 cm³/mol. The number of aromatic amines is 1. The zero-order valence-electron chi connectivity index (χ0n) is 7.02. The Kier molecular flexibility index (Phi) is 1.51. The van der Waals surface area contributed by atoms with Gasteiger partial charge in [-0.15, -0.1) is 0 Å². The van der Waals surface area contributed by atoms with Crippen LogP contribution in [0.4, 0.5) is 5.69 Å². The Hall–Kier alpha value is -1.91.